The molecule has 2 aromatic rings. The lowest BCUT2D eigenvalue weighted by Crippen LogP contribution is -2.42. The van der Waals surface area contributed by atoms with Crippen LogP contribution in [0.5, 0.6) is 0 Å². The largest absolute Gasteiger partial charge is 0.394 e. The van der Waals surface area contributed by atoms with Gasteiger partial charge in [-0.15, -0.1) is 11.3 Å². The Labute approximate surface area is 144 Å². The lowest BCUT2D eigenvalue weighted by Gasteiger charge is -2.19. The molecule has 0 saturated carbocycles. The SMILES string of the molecule is Cc1ncsc1-c1ccc([C@H](CO)NC(=O)C2CC(O)CN2)cc1. The molecule has 0 aliphatic carbocycles. The topological polar surface area (TPSA) is 94.5 Å². The van der Waals surface area contributed by atoms with Gasteiger partial charge in [-0.3, -0.25) is 4.79 Å². The van der Waals surface area contributed by atoms with Crippen molar-refractivity contribution in [2.45, 2.75) is 31.5 Å². The van der Waals surface area contributed by atoms with E-state index in [-0.39, 0.29) is 12.5 Å². The Morgan fingerprint density at radius 1 is 1.46 bits per heavy atom. The van der Waals surface area contributed by atoms with Crippen LogP contribution in [0.2, 0.25) is 0 Å². The highest BCUT2D eigenvalue weighted by molar-refractivity contribution is 7.13. The molecule has 0 spiro atoms. The van der Waals surface area contributed by atoms with Crippen molar-refractivity contribution in [3.8, 4) is 10.4 Å². The lowest BCUT2D eigenvalue weighted by atomic mass is 10.0. The molecule has 4 N–H and O–H groups in total. The summed E-state index contributed by atoms with van der Waals surface area (Å²) in [6.45, 7) is 2.21. The van der Waals surface area contributed by atoms with E-state index in [9.17, 15) is 15.0 Å². The van der Waals surface area contributed by atoms with Crippen molar-refractivity contribution in [1.82, 2.24) is 15.6 Å². The standard InChI is InChI=1S/C17H21N3O3S/c1-10-16(24-9-19-10)12-4-2-11(3-5-12)15(8-21)20-17(23)14-6-13(22)7-18-14/h2-5,9,13-15,18,21-22H,6-8H2,1H3,(H,20,23)/t13?,14?,15-/m0/s1. The zero-order valence-electron chi connectivity index (χ0n) is 13.4. The van der Waals surface area contributed by atoms with Gasteiger partial charge in [0.05, 0.1) is 40.9 Å². The summed E-state index contributed by atoms with van der Waals surface area (Å²) in [5.41, 5.74) is 4.72. The Hall–Kier alpha value is -1.80. The third kappa shape index (κ3) is 3.64. The fraction of sp³-hybridized carbons (Fsp3) is 0.412. The Kier molecular flexibility index (Phi) is 5.25. The van der Waals surface area contributed by atoms with Crippen LogP contribution in [0.1, 0.15) is 23.7 Å². The number of hydrogen-bond acceptors (Lipinski definition) is 6. The molecule has 1 aromatic heterocycles. The highest BCUT2D eigenvalue weighted by Crippen LogP contribution is 2.28. The summed E-state index contributed by atoms with van der Waals surface area (Å²) in [4.78, 5) is 17.6. The molecule has 3 atom stereocenters. The Bertz CT molecular complexity index is 701. The number of aromatic nitrogens is 1. The van der Waals surface area contributed by atoms with Crippen molar-refractivity contribution < 1.29 is 15.0 Å². The third-order valence-corrected chi connectivity index (χ3v) is 5.22. The van der Waals surface area contributed by atoms with Crippen molar-refractivity contribution in [1.29, 1.82) is 0 Å². The summed E-state index contributed by atoms with van der Waals surface area (Å²) in [6.07, 6.45) is -0.0941. The van der Waals surface area contributed by atoms with E-state index in [0.717, 1.165) is 21.7 Å². The molecule has 7 heteroatoms. The minimum absolute atomic E-state index is 0.181. The first-order chi connectivity index (χ1) is 11.6. The molecule has 2 unspecified atom stereocenters. The molecule has 0 bridgehead atoms. The maximum atomic E-state index is 12.2. The molecule has 1 aliphatic rings. The zero-order chi connectivity index (χ0) is 17.1. The summed E-state index contributed by atoms with van der Waals surface area (Å²) >= 11 is 1.59. The monoisotopic (exact) mass is 347 g/mol. The molecule has 1 fully saturated rings. The molecule has 24 heavy (non-hydrogen) atoms. The van der Waals surface area contributed by atoms with Crippen molar-refractivity contribution in [2.24, 2.45) is 0 Å². The molecular formula is C17H21N3O3S. The van der Waals surface area contributed by atoms with Crippen molar-refractivity contribution in [3.05, 3.63) is 41.0 Å². The van der Waals surface area contributed by atoms with E-state index >= 15 is 0 Å². The predicted molar refractivity (Wildman–Crippen MR) is 92.7 cm³/mol. The van der Waals surface area contributed by atoms with Gasteiger partial charge in [0.2, 0.25) is 5.91 Å². The Balaban J connectivity index is 1.69. The van der Waals surface area contributed by atoms with Gasteiger partial charge in [-0.25, -0.2) is 4.98 Å². The molecular weight excluding hydrogens is 326 g/mol. The molecule has 1 aliphatic heterocycles. The van der Waals surface area contributed by atoms with Crippen LogP contribution in [0.25, 0.3) is 10.4 Å². The second kappa shape index (κ2) is 7.40. The van der Waals surface area contributed by atoms with E-state index in [1.807, 2.05) is 36.7 Å². The number of β-amino-alcohol motifs (C(OH)–C–C–N with tert-alkyl or cyclic N) is 1. The van der Waals surface area contributed by atoms with Gasteiger partial charge in [0.15, 0.2) is 0 Å². The fourth-order valence-corrected chi connectivity index (χ4v) is 3.68. The van der Waals surface area contributed by atoms with Crippen LogP contribution < -0.4 is 10.6 Å². The van der Waals surface area contributed by atoms with Gasteiger partial charge in [-0.1, -0.05) is 24.3 Å². The van der Waals surface area contributed by atoms with Gasteiger partial charge in [-0.2, -0.15) is 0 Å². The maximum absolute atomic E-state index is 12.2. The zero-order valence-corrected chi connectivity index (χ0v) is 14.2. The van der Waals surface area contributed by atoms with E-state index in [1.165, 1.54) is 0 Å². The van der Waals surface area contributed by atoms with Gasteiger partial charge in [0, 0.05) is 6.54 Å². The number of carbonyl (C=O) groups is 1. The Morgan fingerprint density at radius 3 is 2.75 bits per heavy atom. The summed E-state index contributed by atoms with van der Waals surface area (Å²) in [5, 5.41) is 24.9. The number of thiazole rings is 1. The molecule has 2 heterocycles. The van der Waals surface area contributed by atoms with Gasteiger partial charge >= 0.3 is 0 Å². The van der Waals surface area contributed by atoms with Crippen LogP contribution in [-0.2, 0) is 4.79 Å². The number of benzene rings is 1. The van der Waals surface area contributed by atoms with E-state index in [1.54, 1.807) is 11.3 Å². The lowest BCUT2D eigenvalue weighted by molar-refractivity contribution is -0.124. The average molecular weight is 347 g/mol. The van der Waals surface area contributed by atoms with Crippen LogP contribution >= 0.6 is 11.3 Å². The van der Waals surface area contributed by atoms with E-state index in [4.69, 9.17) is 0 Å². The number of nitrogens with one attached hydrogen (secondary N) is 2. The first-order valence-electron chi connectivity index (χ1n) is 7.91. The summed E-state index contributed by atoms with van der Waals surface area (Å²) < 4.78 is 0. The van der Waals surface area contributed by atoms with Gasteiger partial charge in [-0.05, 0) is 24.5 Å². The van der Waals surface area contributed by atoms with Crippen LogP contribution in [0.15, 0.2) is 29.8 Å². The summed E-state index contributed by atoms with van der Waals surface area (Å²) in [7, 11) is 0. The molecule has 6 nitrogen and oxygen atoms in total. The molecule has 1 aromatic carbocycles. The summed E-state index contributed by atoms with van der Waals surface area (Å²) in [6, 6.07) is 6.89. The molecule has 1 amide bonds. The number of aliphatic hydroxyl groups excluding tert-OH is 2. The van der Waals surface area contributed by atoms with Crippen molar-refractivity contribution in [2.75, 3.05) is 13.2 Å². The average Bonchev–Trinajstić information content (AvgIpc) is 3.21. The van der Waals surface area contributed by atoms with Crippen molar-refractivity contribution >= 4 is 17.2 Å². The molecule has 128 valence electrons. The second-order valence-electron chi connectivity index (χ2n) is 5.98. The van der Waals surface area contributed by atoms with Crippen LogP contribution in [-0.4, -0.2) is 46.4 Å². The third-order valence-electron chi connectivity index (χ3n) is 4.24. The first-order valence-corrected chi connectivity index (χ1v) is 8.79. The van der Waals surface area contributed by atoms with Crippen LogP contribution in [0.4, 0.5) is 0 Å². The molecule has 1 saturated heterocycles. The number of rotatable bonds is 5. The molecule has 3 rings (SSSR count). The highest BCUT2D eigenvalue weighted by Gasteiger charge is 2.29. The van der Waals surface area contributed by atoms with E-state index in [0.29, 0.717) is 13.0 Å². The van der Waals surface area contributed by atoms with Gasteiger partial charge < -0.3 is 20.8 Å². The predicted octanol–water partition coefficient (Wildman–Crippen LogP) is 0.991. The van der Waals surface area contributed by atoms with Crippen molar-refractivity contribution in [3.63, 3.8) is 0 Å². The smallest absolute Gasteiger partial charge is 0.237 e. The second-order valence-corrected chi connectivity index (χ2v) is 6.84. The number of hydrogen-bond donors (Lipinski definition) is 4. The molecule has 0 radical (unpaired) electrons. The number of nitrogens with zero attached hydrogens (tertiary/aromatic N) is 1. The van der Waals surface area contributed by atoms with Crippen LogP contribution in [0.3, 0.4) is 0 Å². The minimum Gasteiger partial charge on any atom is -0.394 e. The number of amides is 1. The minimum atomic E-state index is -0.491. The fourth-order valence-electron chi connectivity index (χ4n) is 2.87. The Morgan fingerprint density at radius 2 is 2.21 bits per heavy atom. The highest BCUT2D eigenvalue weighted by atomic mass is 32.1. The van der Waals surface area contributed by atoms with E-state index < -0.39 is 18.2 Å². The summed E-state index contributed by atoms with van der Waals surface area (Å²) in [5.74, 6) is -0.201. The quantitative estimate of drug-likeness (QED) is 0.647. The van der Waals surface area contributed by atoms with Gasteiger partial charge in [0.25, 0.3) is 0 Å². The van der Waals surface area contributed by atoms with Gasteiger partial charge in [0.1, 0.15) is 0 Å². The number of carbonyl (C=O) groups excluding carboxylic acids is 1. The van der Waals surface area contributed by atoms with E-state index in [2.05, 4.69) is 15.6 Å². The normalized spacial score (nSPS) is 21.6. The number of aryl methyl sites for hydroxylation is 1. The maximum Gasteiger partial charge on any atom is 0.237 e. The van der Waals surface area contributed by atoms with Crippen LogP contribution in [0, 0.1) is 6.92 Å². The number of aliphatic hydroxyl groups is 2. The first kappa shape index (κ1) is 17.0.